The van der Waals surface area contributed by atoms with Gasteiger partial charge in [0.05, 0.1) is 29.8 Å². The molecule has 36 heavy (non-hydrogen) atoms. The van der Waals surface area contributed by atoms with Gasteiger partial charge in [-0.05, 0) is 18.2 Å². The van der Waals surface area contributed by atoms with Gasteiger partial charge in [-0.2, -0.15) is 10.2 Å². The molecule has 1 aliphatic heterocycles. The van der Waals surface area contributed by atoms with Gasteiger partial charge < -0.3 is 15.0 Å². The Morgan fingerprint density at radius 1 is 1.28 bits per heavy atom. The average Bonchev–Trinajstić information content (AvgIpc) is 3.46. The fraction of sp³-hybridized carbons (Fsp3) is 0.167. The molecule has 0 bridgehead atoms. The molecule has 3 aromatic heterocycles. The third-order valence-corrected chi connectivity index (χ3v) is 6.06. The van der Waals surface area contributed by atoms with Crippen LogP contribution in [0.25, 0.3) is 28.1 Å². The number of ether oxygens (including phenoxy) is 1. The number of H-pyrrole nitrogens is 1. The van der Waals surface area contributed by atoms with E-state index < -0.39 is 23.5 Å². The summed E-state index contributed by atoms with van der Waals surface area (Å²) in [6, 6.07) is 12.9. The first kappa shape index (κ1) is 21.5. The number of aromatic nitrogens is 6. The monoisotopic (exact) mass is 484 g/mol. The highest BCUT2D eigenvalue weighted by Gasteiger charge is 2.29. The molecule has 1 unspecified atom stereocenters. The fourth-order valence-electron chi connectivity index (χ4n) is 4.49. The molecule has 0 radical (unpaired) electrons. The highest BCUT2D eigenvalue weighted by Crippen LogP contribution is 2.35. The Balaban J connectivity index is 1.62. The lowest BCUT2D eigenvalue weighted by molar-refractivity contribution is 0.0955. The largest absolute Gasteiger partial charge is 0.493 e. The number of hydrogen-bond donors (Lipinski definition) is 2. The van der Waals surface area contributed by atoms with Crippen LogP contribution in [0.3, 0.4) is 0 Å². The van der Waals surface area contributed by atoms with Crippen molar-refractivity contribution in [1.29, 1.82) is 5.26 Å². The number of carbonyl (C=O) groups is 1. The molecule has 4 heterocycles. The van der Waals surface area contributed by atoms with Gasteiger partial charge in [-0.25, -0.2) is 19.2 Å². The highest BCUT2D eigenvalue weighted by molar-refractivity contribution is 6.02. The van der Waals surface area contributed by atoms with Crippen molar-refractivity contribution in [3.63, 3.8) is 0 Å². The van der Waals surface area contributed by atoms with E-state index in [-0.39, 0.29) is 29.4 Å². The molecule has 0 spiro atoms. The number of benzene rings is 2. The van der Waals surface area contributed by atoms with Crippen LogP contribution in [0.5, 0.6) is 5.75 Å². The minimum Gasteiger partial charge on any atom is -0.493 e. The van der Waals surface area contributed by atoms with Gasteiger partial charge in [-0.1, -0.05) is 18.2 Å². The maximum absolute atomic E-state index is 14.0. The number of nitriles is 1. The van der Waals surface area contributed by atoms with E-state index in [0.29, 0.717) is 29.8 Å². The van der Waals surface area contributed by atoms with Crippen LogP contribution in [0.15, 0.2) is 53.6 Å². The quantitative estimate of drug-likeness (QED) is 0.372. The van der Waals surface area contributed by atoms with Crippen LogP contribution in [0.4, 0.5) is 4.39 Å². The number of amides is 1. The smallest absolute Gasteiger partial charge is 0.328 e. The van der Waals surface area contributed by atoms with E-state index in [9.17, 15) is 14.0 Å². The van der Waals surface area contributed by atoms with Gasteiger partial charge in [0.1, 0.15) is 30.0 Å². The molecule has 11 nitrogen and oxygen atoms in total. The molecule has 2 aromatic carbocycles. The van der Waals surface area contributed by atoms with Gasteiger partial charge in [0.2, 0.25) is 5.95 Å². The van der Waals surface area contributed by atoms with Crippen LogP contribution in [0.2, 0.25) is 0 Å². The lowest BCUT2D eigenvalue weighted by Crippen LogP contribution is -2.28. The molecule has 1 amide bonds. The number of carbonyl (C=O) groups excluding carboxylic acids is 1. The number of fused-ring (bicyclic) bond motifs is 3. The van der Waals surface area contributed by atoms with Gasteiger partial charge in [0, 0.05) is 18.1 Å². The molecule has 0 fully saturated rings. The van der Waals surface area contributed by atoms with E-state index >= 15 is 0 Å². The summed E-state index contributed by atoms with van der Waals surface area (Å²) in [4.78, 5) is 42.2. The number of nitrogens with one attached hydrogen (secondary N) is 2. The van der Waals surface area contributed by atoms with Crippen molar-refractivity contribution in [2.75, 3.05) is 13.2 Å². The number of imidazole rings is 2. The maximum atomic E-state index is 14.0. The zero-order chi connectivity index (χ0) is 24.8. The number of halogens is 1. The van der Waals surface area contributed by atoms with Crippen molar-refractivity contribution in [1.82, 2.24) is 34.4 Å². The summed E-state index contributed by atoms with van der Waals surface area (Å²) in [5.41, 5.74) is 1.40. The number of nitrogens with zero attached hydrogens (tertiary/aromatic N) is 6. The number of hydrogen-bond acceptors (Lipinski definition) is 7. The normalized spacial score (nSPS) is 14.8. The summed E-state index contributed by atoms with van der Waals surface area (Å²) >= 11 is 0. The Bertz CT molecular complexity index is 1760. The first-order valence-corrected chi connectivity index (χ1v) is 11.1. The van der Waals surface area contributed by atoms with Crippen molar-refractivity contribution in [3.05, 3.63) is 76.4 Å². The lowest BCUT2D eigenvalue weighted by Gasteiger charge is -2.26. The van der Waals surface area contributed by atoms with Crippen LogP contribution in [-0.4, -0.2) is 48.1 Å². The SMILES string of the molecule is N#CCNC(=O)c1nc(-n2cnc3ccc(F)cc32)nc2c1[nH]c(=O)n2C1CCOc2ccccc21. The van der Waals surface area contributed by atoms with Crippen LogP contribution in [-0.2, 0) is 0 Å². The van der Waals surface area contributed by atoms with Gasteiger partial charge >= 0.3 is 5.69 Å². The average molecular weight is 484 g/mol. The topological polar surface area (TPSA) is 144 Å². The maximum Gasteiger partial charge on any atom is 0.328 e. The molecule has 6 rings (SSSR count). The van der Waals surface area contributed by atoms with Crippen molar-refractivity contribution < 1.29 is 13.9 Å². The third-order valence-electron chi connectivity index (χ3n) is 6.06. The summed E-state index contributed by atoms with van der Waals surface area (Å²) in [6.45, 7) is 0.136. The van der Waals surface area contributed by atoms with E-state index in [1.165, 1.54) is 33.7 Å². The third kappa shape index (κ3) is 3.37. The summed E-state index contributed by atoms with van der Waals surface area (Å²) in [7, 11) is 0. The number of para-hydroxylation sites is 1. The van der Waals surface area contributed by atoms with E-state index in [0.717, 1.165) is 5.56 Å². The minimum atomic E-state index is -0.665. The summed E-state index contributed by atoms with van der Waals surface area (Å²) in [6.07, 6.45) is 1.92. The molecule has 1 aliphatic rings. The number of rotatable bonds is 4. The first-order chi connectivity index (χ1) is 17.5. The van der Waals surface area contributed by atoms with Crippen molar-refractivity contribution >= 4 is 28.1 Å². The van der Waals surface area contributed by atoms with E-state index in [1.807, 2.05) is 30.3 Å². The summed E-state index contributed by atoms with van der Waals surface area (Å²) in [5, 5.41) is 11.4. The zero-order valence-electron chi connectivity index (χ0n) is 18.6. The lowest BCUT2D eigenvalue weighted by atomic mass is 10.0. The van der Waals surface area contributed by atoms with Gasteiger partial charge in [-0.15, -0.1) is 0 Å². The second-order valence-electron chi connectivity index (χ2n) is 8.15. The molecule has 2 N–H and O–H groups in total. The standard InChI is InChI=1S/C24H17FN8O3/c25-13-5-6-15-17(11-13)32(12-28-15)23-29-20(22(34)27-9-8-26)19-21(31-23)33(24(35)30-19)16-7-10-36-18-4-2-1-3-14(16)18/h1-6,11-12,16H,7,9-10H2,(H,27,34)(H,30,35). The predicted octanol–water partition coefficient (Wildman–Crippen LogP) is 2.22. The second kappa shape index (κ2) is 8.31. The van der Waals surface area contributed by atoms with Crippen molar-refractivity contribution in [2.45, 2.75) is 12.5 Å². The Morgan fingerprint density at radius 2 is 2.14 bits per heavy atom. The van der Waals surface area contributed by atoms with Gasteiger partial charge in [0.25, 0.3) is 5.91 Å². The van der Waals surface area contributed by atoms with Crippen molar-refractivity contribution in [2.24, 2.45) is 0 Å². The van der Waals surface area contributed by atoms with Crippen LogP contribution >= 0.6 is 0 Å². The highest BCUT2D eigenvalue weighted by atomic mass is 19.1. The van der Waals surface area contributed by atoms with Gasteiger partial charge in [-0.3, -0.25) is 13.9 Å². The summed E-state index contributed by atoms with van der Waals surface area (Å²) < 4.78 is 22.7. The fourth-order valence-corrected chi connectivity index (χ4v) is 4.49. The molecule has 0 saturated heterocycles. The second-order valence-corrected chi connectivity index (χ2v) is 8.15. The molecule has 12 heteroatoms. The van der Waals surface area contributed by atoms with Crippen LogP contribution < -0.4 is 15.7 Å². The molecule has 0 aliphatic carbocycles. The Labute approximate surface area is 201 Å². The Morgan fingerprint density at radius 3 is 3.00 bits per heavy atom. The van der Waals surface area contributed by atoms with Crippen molar-refractivity contribution in [3.8, 4) is 17.8 Å². The van der Waals surface area contributed by atoms with E-state index in [1.54, 1.807) is 0 Å². The molecular weight excluding hydrogens is 467 g/mol. The van der Waals surface area contributed by atoms with Crippen LogP contribution in [0.1, 0.15) is 28.5 Å². The molecule has 1 atom stereocenters. The predicted molar refractivity (Wildman–Crippen MR) is 125 cm³/mol. The van der Waals surface area contributed by atoms with Gasteiger partial charge in [0.15, 0.2) is 11.3 Å². The Kier molecular flexibility index (Phi) is 4.96. The zero-order valence-corrected chi connectivity index (χ0v) is 18.6. The minimum absolute atomic E-state index is 0.0193. The summed E-state index contributed by atoms with van der Waals surface area (Å²) in [5.74, 6) is -0.464. The molecule has 178 valence electrons. The molecular formula is C24H17FN8O3. The van der Waals surface area contributed by atoms with E-state index in [2.05, 4.69) is 25.3 Å². The first-order valence-electron chi connectivity index (χ1n) is 11.1. The molecule has 0 saturated carbocycles. The van der Waals surface area contributed by atoms with E-state index in [4.69, 9.17) is 10.00 Å². The number of aromatic amines is 1. The molecule has 5 aromatic rings. The Hall–Kier alpha value is -5.05. The van der Waals surface area contributed by atoms with Crippen LogP contribution in [0, 0.1) is 17.1 Å².